The van der Waals surface area contributed by atoms with Crippen molar-refractivity contribution >= 4 is 73.4 Å². The second kappa shape index (κ2) is 13.5. The highest BCUT2D eigenvalue weighted by Gasteiger charge is 2.37. The van der Waals surface area contributed by atoms with Gasteiger partial charge in [0.25, 0.3) is 40.5 Å². The molecule has 0 aromatic heterocycles. The predicted molar refractivity (Wildman–Crippen MR) is 201 cm³/mol. The first-order valence-electron chi connectivity index (χ1n) is 15.8. The quantitative estimate of drug-likeness (QED) is 0.0691. The number of allylic oxidation sites excluding steroid dienone is 6. The standard InChI is InChI=1S/C35H36N2O12S4/c1-6-36-31(34(2,3)27-12-10-11-23-25(27)17-21(50(38,39)40)19-29(23)52(44,45)46)13-8-7-9-14-32-35(4,5)33-26-18-22(51(41,42)43)20-30(53(47,48)49)24(26)15-16-28(33)37-32/h7-20,37H,6H2,1-5H3,(H,38,39,40)(H,41,42,43)(H,44,45,46)(H,47,48,49)/b9-7+,13-8+,32-14+,36-31?. The Labute approximate surface area is 307 Å². The molecule has 53 heavy (non-hydrogen) atoms. The number of aliphatic imine (C=N–C) groups is 1. The van der Waals surface area contributed by atoms with Gasteiger partial charge in [-0.2, -0.15) is 33.7 Å². The number of rotatable bonds is 10. The molecule has 0 radical (unpaired) electrons. The molecule has 0 saturated heterocycles. The molecule has 1 heterocycles. The summed E-state index contributed by atoms with van der Waals surface area (Å²) in [6.45, 7) is 9.42. The SMILES string of the molecule is CCN=C(/C=C/C=C/C=C1/Nc2ccc3c(S(=O)(=O)O)cc(S(=O)(=O)O)cc3c2C1(C)C)C(C)(C)c1cccc2c(S(=O)(=O)O)cc(S(=O)(=O)O)cc12. The number of fused-ring (bicyclic) bond motifs is 4. The predicted octanol–water partition coefficient (Wildman–Crippen LogP) is 6.12. The van der Waals surface area contributed by atoms with Crippen molar-refractivity contribution in [1.29, 1.82) is 0 Å². The van der Waals surface area contributed by atoms with E-state index in [4.69, 9.17) is 0 Å². The summed E-state index contributed by atoms with van der Waals surface area (Å²) in [6, 6.07) is 11.4. The molecule has 0 aliphatic carbocycles. The maximum Gasteiger partial charge on any atom is 0.295 e. The second-order valence-electron chi connectivity index (χ2n) is 13.3. The lowest BCUT2D eigenvalue weighted by Gasteiger charge is -2.28. The molecule has 4 aromatic rings. The molecule has 282 valence electrons. The minimum Gasteiger partial charge on any atom is -0.358 e. The van der Waals surface area contributed by atoms with Crippen LogP contribution in [-0.2, 0) is 51.3 Å². The van der Waals surface area contributed by atoms with Gasteiger partial charge in [0, 0.05) is 45.2 Å². The van der Waals surface area contributed by atoms with Gasteiger partial charge in [0.05, 0.1) is 9.79 Å². The number of nitrogens with one attached hydrogen (secondary N) is 1. The molecule has 1 aliphatic rings. The molecule has 5 rings (SSSR count). The molecule has 0 atom stereocenters. The van der Waals surface area contributed by atoms with E-state index in [1.807, 2.05) is 20.8 Å². The number of hydrogen-bond donors (Lipinski definition) is 5. The highest BCUT2D eigenvalue weighted by atomic mass is 32.2. The first-order valence-corrected chi connectivity index (χ1v) is 21.5. The van der Waals surface area contributed by atoms with Gasteiger partial charge >= 0.3 is 0 Å². The lowest BCUT2D eigenvalue weighted by Crippen LogP contribution is -2.28. The fraction of sp³-hybridized carbons (Fsp3) is 0.229. The van der Waals surface area contributed by atoms with Crippen molar-refractivity contribution in [3.05, 3.63) is 102 Å². The first kappa shape index (κ1) is 39.9. The molecule has 0 amide bonds. The van der Waals surface area contributed by atoms with Crippen molar-refractivity contribution in [2.75, 3.05) is 11.9 Å². The minimum absolute atomic E-state index is 0.0423. The summed E-state index contributed by atoms with van der Waals surface area (Å²) >= 11 is 0. The van der Waals surface area contributed by atoms with Crippen LogP contribution < -0.4 is 5.32 Å². The highest BCUT2D eigenvalue weighted by Crippen LogP contribution is 2.48. The molecule has 0 spiro atoms. The van der Waals surface area contributed by atoms with E-state index in [1.165, 1.54) is 12.1 Å². The summed E-state index contributed by atoms with van der Waals surface area (Å²) in [5.74, 6) is 0. The molecule has 0 fully saturated rings. The minimum atomic E-state index is -4.89. The van der Waals surface area contributed by atoms with Gasteiger partial charge in [-0.1, -0.05) is 70.2 Å². The summed E-state index contributed by atoms with van der Waals surface area (Å²) in [5, 5.41) is 3.72. The number of benzene rings is 4. The average Bonchev–Trinajstić information content (AvgIpc) is 3.30. The monoisotopic (exact) mass is 804 g/mol. The topological polar surface area (TPSA) is 242 Å². The average molecular weight is 805 g/mol. The van der Waals surface area contributed by atoms with Crippen LogP contribution in [0.1, 0.15) is 45.7 Å². The van der Waals surface area contributed by atoms with Gasteiger partial charge in [0.15, 0.2) is 0 Å². The summed E-state index contributed by atoms with van der Waals surface area (Å²) < 4.78 is 136. The molecular weight excluding hydrogens is 769 g/mol. The summed E-state index contributed by atoms with van der Waals surface area (Å²) in [7, 11) is -19.5. The van der Waals surface area contributed by atoms with Crippen LogP contribution in [0, 0.1) is 0 Å². The third-order valence-electron chi connectivity index (χ3n) is 9.10. The fourth-order valence-corrected chi connectivity index (χ4v) is 9.24. The number of hydrogen-bond acceptors (Lipinski definition) is 10. The van der Waals surface area contributed by atoms with Gasteiger partial charge in [-0.15, -0.1) is 0 Å². The Morgan fingerprint density at radius 1 is 0.717 bits per heavy atom. The zero-order chi connectivity index (χ0) is 39.5. The largest absolute Gasteiger partial charge is 0.358 e. The van der Waals surface area contributed by atoms with Gasteiger partial charge in [0.1, 0.15) is 9.79 Å². The Morgan fingerprint density at radius 2 is 1.26 bits per heavy atom. The molecule has 0 bridgehead atoms. The molecule has 18 heteroatoms. The molecule has 4 aromatic carbocycles. The fourth-order valence-electron chi connectivity index (χ4n) is 6.56. The number of anilines is 1. The Bertz CT molecular complexity index is 2780. The molecule has 5 N–H and O–H groups in total. The van der Waals surface area contributed by atoms with Crippen LogP contribution >= 0.6 is 0 Å². The highest BCUT2D eigenvalue weighted by molar-refractivity contribution is 7.87. The summed E-state index contributed by atoms with van der Waals surface area (Å²) in [5.41, 5.74) is 0.913. The van der Waals surface area contributed by atoms with Crippen molar-refractivity contribution in [2.45, 2.75) is 65.0 Å². The third kappa shape index (κ3) is 7.72. The van der Waals surface area contributed by atoms with E-state index in [1.54, 1.807) is 62.4 Å². The molecule has 1 aliphatic heterocycles. The summed E-state index contributed by atoms with van der Waals surface area (Å²) in [6.07, 6.45) is 8.60. The van der Waals surface area contributed by atoms with Crippen molar-refractivity contribution < 1.29 is 51.9 Å². The van der Waals surface area contributed by atoms with E-state index in [9.17, 15) is 51.9 Å². The van der Waals surface area contributed by atoms with Crippen LogP contribution in [0.4, 0.5) is 5.69 Å². The summed E-state index contributed by atoms with van der Waals surface area (Å²) in [4.78, 5) is 1.88. The molecule has 0 saturated carbocycles. The van der Waals surface area contributed by atoms with Gasteiger partial charge in [-0.05, 0) is 71.3 Å². The molecular formula is C35H36N2O12S4. The normalized spacial score (nSPS) is 16.6. The van der Waals surface area contributed by atoms with E-state index >= 15 is 0 Å². The van der Waals surface area contributed by atoms with Crippen molar-refractivity contribution in [3.8, 4) is 0 Å². The van der Waals surface area contributed by atoms with E-state index in [0.717, 1.165) is 12.1 Å². The van der Waals surface area contributed by atoms with Crippen molar-refractivity contribution in [1.82, 2.24) is 0 Å². The van der Waals surface area contributed by atoms with Crippen molar-refractivity contribution in [2.24, 2.45) is 4.99 Å². The lowest BCUT2D eigenvalue weighted by molar-refractivity contribution is 0.477. The molecule has 0 unspecified atom stereocenters. The third-order valence-corrected chi connectivity index (χ3v) is 12.6. The van der Waals surface area contributed by atoms with Crippen LogP contribution in [0.2, 0.25) is 0 Å². The zero-order valence-corrected chi connectivity index (χ0v) is 32.2. The van der Waals surface area contributed by atoms with Crippen LogP contribution in [0.5, 0.6) is 0 Å². The van der Waals surface area contributed by atoms with Gasteiger partial charge in [-0.25, -0.2) is 0 Å². The van der Waals surface area contributed by atoms with Crippen LogP contribution in [0.3, 0.4) is 0 Å². The number of nitrogens with zero attached hydrogens (tertiary/aromatic N) is 1. The van der Waals surface area contributed by atoms with Gasteiger partial charge in [0.2, 0.25) is 0 Å². The Hall–Kier alpha value is -4.27. The van der Waals surface area contributed by atoms with E-state index < -0.39 is 70.9 Å². The maximum atomic E-state index is 12.2. The van der Waals surface area contributed by atoms with Gasteiger partial charge < -0.3 is 5.32 Å². The van der Waals surface area contributed by atoms with Crippen LogP contribution in [0.15, 0.2) is 115 Å². The van der Waals surface area contributed by atoms with E-state index in [2.05, 4.69) is 10.3 Å². The Kier molecular flexibility index (Phi) is 10.2. The Morgan fingerprint density at radius 3 is 1.79 bits per heavy atom. The first-order chi connectivity index (χ1) is 24.3. The van der Waals surface area contributed by atoms with Gasteiger partial charge in [-0.3, -0.25) is 23.2 Å². The van der Waals surface area contributed by atoms with Crippen molar-refractivity contribution in [3.63, 3.8) is 0 Å². The van der Waals surface area contributed by atoms with Crippen LogP contribution in [0.25, 0.3) is 21.5 Å². The maximum absolute atomic E-state index is 12.2. The zero-order valence-electron chi connectivity index (χ0n) is 28.9. The Balaban J connectivity index is 1.53. The lowest BCUT2D eigenvalue weighted by atomic mass is 9.77. The van der Waals surface area contributed by atoms with E-state index in [-0.39, 0.29) is 21.5 Å². The molecule has 14 nitrogen and oxygen atoms in total. The van der Waals surface area contributed by atoms with Crippen LogP contribution in [-0.4, -0.2) is 64.1 Å². The smallest absolute Gasteiger partial charge is 0.295 e. The second-order valence-corrected chi connectivity index (χ2v) is 18.9. The van der Waals surface area contributed by atoms with E-state index in [0.29, 0.717) is 46.9 Å².